The fourth-order valence-corrected chi connectivity index (χ4v) is 8.58. The zero-order valence-electron chi connectivity index (χ0n) is 20.8. The number of hydrogen-bond acceptors (Lipinski definition) is 4. The van der Waals surface area contributed by atoms with Crippen LogP contribution in [0.25, 0.3) is 0 Å². The van der Waals surface area contributed by atoms with Gasteiger partial charge < -0.3 is 10.1 Å². The molecule has 6 heteroatoms. The zero-order valence-corrected chi connectivity index (χ0v) is 22.4. The number of fused-ring (bicyclic) bond motifs is 5. The summed E-state index contributed by atoms with van der Waals surface area (Å²) < 4.78 is 6.36. The first-order chi connectivity index (χ1) is 16.7. The summed E-state index contributed by atoms with van der Waals surface area (Å²) >= 11 is 3.47. The maximum atomic E-state index is 12.8. The molecule has 0 radical (unpaired) electrons. The van der Waals surface area contributed by atoms with E-state index < -0.39 is 0 Å². The van der Waals surface area contributed by atoms with E-state index in [2.05, 4.69) is 34.2 Å². The highest BCUT2D eigenvalue weighted by molar-refractivity contribution is 9.10. The zero-order chi connectivity index (χ0) is 24.8. The molecule has 0 bridgehead atoms. The van der Waals surface area contributed by atoms with Gasteiger partial charge in [-0.3, -0.25) is 14.4 Å². The Balaban J connectivity index is 1.29. The molecular weight excluding hydrogens is 506 g/mol. The minimum atomic E-state index is -0.188. The van der Waals surface area contributed by atoms with Crippen molar-refractivity contribution in [3.05, 3.63) is 46.0 Å². The van der Waals surface area contributed by atoms with Gasteiger partial charge in [0.25, 0.3) is 5.91 Å². The second kappa shape index (κ2) is 9.49. The van der Waals surface area contributed by atoms with Gasteiger partial charge in [-0.2, -0.15) is 0 Å². The van der Waals surface area contributed by atoms with Gasteiger partial charge in [-0.25, -0.2) is 0 Å². The van der Waals surface area contributed by atoms with E-state index in [1.165, 1.54) is 12.5 Å². The number of amides is 1. The molecule has 4 aliphatic carbocycles. The van der Waals surface area contributed by atoms with Crippen molar-refractivity contribution in [1.82, 2.24) is 5.32 Å². The standard InChI is InChI=1S/C29H36BrNO4/c1-18(32)35-21-9-11-28(2)19(15-21)7-8-22-24(28)10-12-29(17-20(33)16-25(22)29)13-14-31-27(34)23-5-3-4-6-26(23)30/h3-7,21-22,24-25H,8-17H2,1-2H3,(H,31,34)/t21-,22+,24-,25-,28-,29-/m0/s1. The van der Waals surface area contributed by atoms with E-state index in [0.717, 1.165) is 49.4 Å². The molecule has 5 nitrogen and oxygen atoms in total. The summed E-state index contributed by atoms with van der Waals surface area (Å²) in [5.41, 5.74) is 2.27. The summed E-state index contributed by atoms with van der Waals surface area (Å²) in [6, 6.07) is 7.48. The van der Waals surface area contributed by atoms with E-state index in [1.54, 1.807) is 0 Å². The summed E-state index contributed by atoms with van der Waals surface area (Å²) in [4.78, 5) is 37.0. The Labute approximate surface area is 216 Å². The van der Waals surface area contributed by atoms with Crippen LogP contribution >= 0.6 is 15.9 Å². The Morgan fingerprint density at radius 2 is 1.94 bits per heavy atom. The van der Waals surface area contributed by atoms with Crippen LogP contribution in [0.2, 0.25) is 0 Å². The Morgan fingerprint density at radius 1 is 1.14 bits per heavy atom. The average Bonchev–Trinajstić information content (AvgIpc) is 3.15. The summed E-state index contributed by atoms with van der Waals surface area (Å²) in [6.07, 6.45) is 10.7. The molecule has 3 fully saturated rings. The lowest BCUT2D eigenvalue weighted by molar-refractivity contribution is -0.148. The second-order valence-electron chi connectivity index (χ2n) is 11.5. The number of carbonyl (C=O) groups is 3. The SMILES string of the molecule is CC(=O)O[C@H]1CC[C@@]2(C)C(=CC[C@H]3[C@@H]4CC(=O)C[C@@]4(CCNC(=O)c4ccccc4Br)CC[C@@H]32)C1. The minimum Gasteiger partial charge on any atom is -0.462 e. The van der Waals surface area contributed by atoms with Crippen LogP contribution in [-0.4, -0.2) is 30.3 Å². The number of allylic oxidation sites excluding steroid dienone is 1. The molecule has 4 aliphatic rings. The van der Waals surface area contributed by atoms with Crippen LogP contribution in [-0.2, 0) is 14.3 Å². The molecule has 35 heavy (non-hydrogen) atoms. The summed E-state index contributed by atoms with van der Waals surface area (Å²) in [5, 5.41) is 3.12. The molecule has 0 aliphatic heterocycles. The molecule has 1 amide bonds. The van der Waals surface area contributed by atoms with E-state index in [0.29, 0.717) is 48.5 Å². The van der Waals surface area contributed by atoms with E-state index >= 15 is 0 Å². The number of Topliss-reactive ketones (excluding diaryl/α,β-unsaturated/α-hetero) is 1. The third kappa shape index (κ3) is 4.52. The molecule has 0 saturated heterocycles. The monoisotopic (exact) mass is 541 g/mol. The lowest BCUT2D eigenvalue weighted by Crippen LogP contribution is -2.50. The predicted octanol–water partition coefficient (Wildman–Crippen LogP) is 6.01. The van der Waals surface area contributed by atoms with Crippen LogP contribution in [0.3, 0.4) is 0 Å². The fourth-order valence-electron chi connectivity index (χ4n) is 8.11. The topological polar surface area (TPSA) is 72.5 Å². The van der Waals surface area contributed by atoms with Crippen molar-refractivity contribution in [2.75, 3.05) is 6.54 Å². The van der Waals surface area contributed by atoms with Crippen LogP contribution in [0.5, 0.6) is 0 Å². The van der Waals surface area contributed by atoms with Crippen molar-refractivity contribution in [1.29, 1.82) is 0 Å². The van der Waals surface area contributed by atoms with Crippen LogP contribution in [0.1, 0.15) is 82.0 Å². The van der Waals surface area contributed by atoms with Gasteiger partial charge in [-0.1, -0.05) is 30.7 Å². The quantitative estimate of drug-likeness (QED) is 0.365. The normalized spacial score (nSPS) is 35.9. The third-order valence-corrected chi connectivity index (χ3v) is 10.4. The number of hydrogen-bond donors (Lipinski definition) is 1. The molecular formula is C29H36BrNO4. The number of nitrogens with one attached hydrogen (secondary N) is 1. The summed E-state index contributed by atoms with van der Waals surface area (Å²) in [6.45, 7) is 4.52. The van der Waals surface area contributed by atoms with Crippen LogP contribution in [0.15, 0.2) is 40.4 Å². The van der Waals surface area contributed by atoms with Crippen LogP contribution in [0, 0.1) is 28.6 Å². The van der Waals surface area contributed by atoms with E-state index in [1.807, 2.05) is 24.3 Å². The molecule has 3 saturated carbocycles. The number of esters is 1. The number of carbonyl (C=O) groups excluding carboxylic acids is 3. The van der Waals surface area contributed by atoms with E-state index in [9.17, 15) is 14.4 Å². The Bertz CT molecular complexity index is 1070. The third-order valence-electron chi connectivity index (χ3n) is 9.75. The highest BCUT2D eigenvalue weighted by Gasteiger charge is 2.58. The largest absolute Gasteiger partial charge is 0.462 e. The van der Waals surface area contributed by atoms with Gasteiger partial charge in [-0.15, -0.1) is 0 Å². The number of halogens is 1. The van der Waals surface area contributed by atoms with Gasteiger partial charge in [0.1, 0.15) is 11.9 Å². The molecule has 0 aromatic heterocycles. The average molecular weight is 543 g/mol. The van der Waals surface area contributed by atoms with Gasteiger partial charge >= 0.3 is 5.97 Å². The molecule has 0 unspecified atom stereocenters. The van der Waals surface area contributed by atoms with Crippen molar-refractivity contribution in [2.24, 2.45) is 28.6 Å². The number of ketones is 1. The Morgan fingerprint density at radius 3 is 2.71 bits per heavy atom. The van der Waals surface area contributed by atoms with Crippen molar-refractivity contribution < 1.29 is 19.1 Å². The molecule has 0 spiro atoms. The molecule has 5 rings (SSSR count). The minimum absolute atomic E-state index is 0.00683. The van der Waals surface area contributed by atoms with Gasteiger partial charge in [0.2, 0.25) is 0 Å². The molecule has 188 valence electrons. The second-order valence-corrected chi connectivity index (χ2v) is 12.4. The van der Waals surface area contributed by atoms with Crippen LogP contribution < -0.4 is 5.32 Å². The van der Waals surface area contributed by atoms with Crippen LogP contribution in [0.4, 0.5) is 0 Å². The lowest BCUT2D eigenvalue weighted by Gasteiger charge is -2.57. The molecule has 0 heterocycles. The van der Waals surface area contributed by atoms with Crippen molar-refractivity contribution in [2.45, 2.75) is 77.7 Å². The maximum Gasteiger partial charge on any atom is 0.302 e. The Kier molecular flexibility index (Phi) is 6.71. The van der Waals surface area contributed by atoms with E-state index in [4.69, 9.17) is 4.74 Å². The first-order valence-corrected chi connectivity index (χ1v) is 13.9. The van der Waals surface area contributed by atoms with Gasteiger partial charge in [0.15, 0.2) is 0 Å². The summed E-state index contributed by atoms with van der Waals surface area (Å²) in [7, 11) is 0. The smallest absolute Gasteiger partial charge is 0.302 e. The summed E-state index contributed by atoms with van der Waals surface area (Å²) in [5.74, 6) is 1.64. The number of ether oxygens (including phenoxy) is 1. The Hall–Kier alpha value is -1.95. The van der Waals surface area contributed by atoms with E-state index in [-0.39, 0.29) is 28.8 Å². The molecule has 1 aromatic carbocycles. The predicted molar refractivity (Wildman–Crippen MR) is 138 cm³/mol. The first kappa shape index (κ1) is 24.7. The van der Waals surface area contributed by atoms with Crippen molar-refractivity contribution in [3.63, 3.8) is 0 Å². The lowest BCUT2D eigenvalue weighted by atomic mass is 9.47. The van der Waals surface area contributed by atoms with Gasteiger partial charge in [-0.05, 0) is 95.2 Å². The fraction of sp³-hybridized carbons (Fsp3) is 0.621. The van der Waals surface area contributed by atoms with Gasteiger partial charge in [0, 0.05) is 37.2 Å². The highest BCUT2D eigenvalue weighted by atomic mass is 79.9. The number of rotatable bonds is 5. The van der Waals surface area contributed by atoms with Crippen molar-refractivity contribution >= 4 is 33.6 Å². The molecule has 1 aromatic rings. The molecule has 1 N–H and O–H groups in total. The van der Waals surface area contributed by atoms with Crippen molar-refractivity contribution in [3.8, 4) is 0 Å². The first-order valence-electron chi connectivity index (χ1n) is 13.1. The van der Waals surface area contributed by atoms with Gasteiger partial charge in [0.05, 0.1) is 5.56 Å². The highest BCUT2D eigenvalue weighted by Crippen LogP contribution is 2.65. The number of benzene rings is 1. The maximum absolute atomic E-state index is 12.8. The molecule has 6 atom stereocenters.